The molecular weight excluding hydrogens is 315 g/mol. The topological polar surface area (TPSA) is 40.6 Å². The Hall–Kier alpha value is -1.56. The van der Waals surface area contributed by atoms with Gasteiger partial charge in [-0.3, -0.25) is 9.59 Å². The summed E-state index contributed by atoms with van der Waals surface area (Å²) in [5, 5.41) is -0.0268. The summed E-state index contributed by atoms with van der Waals surface area (Å²) in [5.74, 6) is -0.325. The predicted octanol–water partition coefficient (Wildman–Crippen LogP) is 3.20. The SMILES string of the molecule is CC(=O)SC1CC(=O)N(c2ccc(N3CCCCC3)c(F)c2)C1. The van der Waals surface area contributed by atoms with Crippen LogP contribution in [0.3, 0.4) is 0 Å². The molecule has 0 bridgehead atoms. The van der Waals surface area contributed by atoms with E-state index in [2.05, 4.69) is 4.90 Å². The molecule has 4 nitrogen and oxygen atoms in total. The molecule has 1 aromatic rings. The van der Waals surface area contributed by atoms with Crippen LogP contribution in [0.2, 0.25) is 0 Å². The molecule has 2 saturated heterocycles. The predicted molar refractivity (Wildman–Crippen MR) is 91.5 cm³/mol. The molecule has 2 aliphatic heterocycles. The quantitative estimate of drug-likeness (QED) is 0.850. The molecule has 1 amide bonds. The summed E-state index contributed by atoms with van der Waals surface area (Å²) < 4.78 is 14.5. The van der Waals surface area contributed by atoms with Crippen LogP contribution in [0.15, 0.2) is 18.2 Å². The first-order chi connectivity index (χ1) is 11.0. The van der Waals surface area contributed by atoms with Crippen molar-refractivity contribution >= 4 is 34.2 Å². The van der Waals surface area contributed by atoms with Crippen molar-refractivity contribution in [2.45, 2.75) is 37.9 Å². The molecular formula is C17H21FN2O2S. The van der Waals surface area contributed by atoms with Crippen molar-refractivity contribution in [1.82, 2.24) is 0 Å². The molecule has 0 aliphatic carbocycles. The van der Waals surface area contributed by atoms with Crippen molar-refractivity contribution in [3.05, 3.63) is 24.0 Å². The van der Waals surface area contributed by atoms with Crippen molar-refractivity contribution in [3.8, 4) is 0 Å². The number of nitrogens with zero attached hydrogens (tertiary/aromatic N) is 2. The average molecular weight is 336 g/mol. The van der Waals surface area contributed by atoms with Crippen LogP contribution in [-0.4, -0.2) is 35.9 Å². The lowest BCUT2D eigenvalue weighted by atomic mass is 10.1. The number of halogens is 1. The fraction of sp³-hybridized carbons (Fsp3) is 0.529. The number of thioether (sulfide) groups is 1. The molecule has 1 atom stereocenters. The van der Waals surface area contributed by atoms with E-state index in [9.17, 15) is 14.0 Å². The maximum atomic E-state index is 14.5. The van der Waals surface area contributed by atoms with E-state index in [0.717, 1.165) is 25.9 Å². The molecule has 0 saturated carbocycles. The van der Waals surface area contributed by atoms with Crippen molar-refractivity contribution in [3.63, 3.8) is 0 Å². The highest BCUT2D eigenvalue weighted by molar-refractivity contribution is 8.14. The Morgan fingerprint density at radius 3 is 2.65 bits per heavy atom. The van der Waals surface area contributed by atoms with Crippen LogP contribution < -0.4 is 9.80 Å². The highest BCUT2D eigenvalue weighted by Crippen LogP contribution is 2.32. The molecule has 0 aromatic heterocycles. The van der Waals surface area contributed by atoms with E-state index in [1.54, 1.807) is 11.0 Å². The van der Waals surface area contributed by atoms with Gasteiger partial charge in [-0.2, -0.15) is 0 Å². The molecule has 0 radical (unpaired) electrons. The number of hydrogen-bond donors (Lipinski definition) is 0. The van der Waals surface area contributed by atoms with Gasteiger partial charge in [0, 0.05) is 43.9 Å². The number of amides is 1. The second-order valence-electron chi connectivity index (χ2n) is 6.12. The van der Waals surface area contributed by atoms with E-state index >= 15 is 0 Å². The number of rotatable bonds is 3. The lowest BCUT2D eigenvalue weighted by Gasteiger charge is -2.29. The number of anilines is 2. The van der Waals surface area contributed by atoms with Crippen LogP contribution in [0, 0.1) is 5.82 Å². The second kappa shape index (κ2) is 6.91. The molecule has 6 heteroatoms. The highest BCUT2D eigenvalue weighted by Gasteiger charge is 2.32. The molecule has 0 spiro atoms. The lowest BCUT2D eigenvalue weighted by molar-refractivity contribution is -0.117. The van der Waals surface area contributed by atoms with Crippen LogP contribution in [0.25, 0.3) is 0 Å². The maximum Gasteiger partial charge on any atom is 0.228 e. The minimum atomic E-state index is -0.278. The van der Waals surface area contributed by atoms with Crippen molar-refractivity contribution in [1.29, 1.82) is 0 Å². The molecule has 3 rings (SSSR count). The molecule has 23 heavy (non-hydrogen) atoms. The zero-order valence-electron chi connectivity index (χ0n) is 13.3. The first kappa shape index (κ1) is 16.3. The molecule has 2 aliphatic rings. The van der Waals surface area contributed by atoms with E-state index in [0.29, 0.717) is 24.3 Å². The second-order valence-corrected chi connectivity index (χ2v) is 7.60. The van der Waals surface area contributed by atoms with E-state index in [-0.39, 0.29) is 22.1 Å². The molecule has 1 unspecified atom stereocenters. The molecule has 1 aromatic carbocycles. The minimum absolute atomic E-state index is 0.0104. The Morgan fingerprint density at radius 1 is 1.26 bits per heavy atom. The summed E-state index contributed by atoms with van der Waals surface area (Å²) in [6, 6.07) is 5.03. The Morgan fingerprint density at radius 2 is 2.00 bits per heavy atom. The number of carbonyl (C=O) groups excluding carboxylic acids is 2. The zero-order chi connectivity index (χ0) is 16.4. The van der Waals surface area contributed by atoms with Gasteiger partial charge in [-0.1, -0.05) is 11.8 Å². The summed E-state index contributed by atoms with van der Waals surface area (Å²) in [4.78, 5) is 27.0. The maximum absolute atomic E-state index is 14.5. The highest BCUT2D eigenvalue weighted by atomic mass is 32.2. The van der Waals surface area contributed by atoms with Gasteiger partial charge in [0.05, 0.1) is 5.69 Å². The Balaban J connectivity index is 1.75. The molecule has 0 N–H and O–H groups in total. The van der Waals surface area contributed by atoms with Crippen LogP contribution in [0.4, 0.5) is 15.8 Å². The summed E-state index contributed by atoms with van der Waals surface area (Å²) in [5.41, 5.74) is 1.20. The van der Waals surface area contributed by atoms with E-state index in [1.165, 1.54) is 31.2 Å². The Labute approximate surface area is 140 Å². The van der Waals surface area contributed by atoms with Gasteiger partial charge in [-0.05, 0) is 37.5 Å². The number of benzene rings is 1. The van der Waals surface area contributed by atoms with Gasteiger partial charge < -0.3 is 9.80 Å². The Kier molecular flexibility index (Phi) is 4.90. The zero-order valence-corrected chi connectivity index (χ0v) is 14.1. The number of piperidine rings is 1. The van der Waals surface area contributed by atoms with Crippen LogP contribution in [-0.2, 0) is 9.59 Å². The third-order valence-corrected chi connectivity index (χ3v) is 5.34. The van der Waals surface area contributed by atoms with E-state index in [1.807, 2.05) is 6.07 Å². The number of carbonyl (C=O) groups is 2. The molecule has 2 heterocycles. The number of hydrogen-bond acceptors (Lipinski definition) is 4. The lowest BCUT2D eigenvalue weighted by Crippen LogP contribution is -2.30. The summed E-state index contributed by atoms with van der Waals surface area (Å²) >= 11 is 1.19. The fourth-order valence-electron chi connectivity index (χ4n) is 3.29. The third-order valence-electron chi connectivity index (χ3n) is 4.36. The Bertz CT molecular complexity index is 617. The monoisotopic (exact) mass is 336 g/mol. The van der Waals surface area contributed by atoms with Gasteiger partial charge in [0.25, 0.3) is 0 Å². The third kappa shape index (κ3) is 3.68. The van der Waals surface area contributed by atoms with E-state index in [4.69, 9.17) is 0 Å². The minimum Gasteiger partial charge on any atom is -0.369 e. The summed E-state index contributed by atoms with van der Waals surface area (Å²) in [7, 11) is 0. The van der Waals surface area contributed by atoms with Crippen LogP contribution >= 0.6 is 11.8 Å². The van der Waals surface area contributed by atoms with Gasteiger partial charge in [0.2, 0.25) is 5.91 Å². The molecule has 124 valence electrons. The molecule has 2 fully saturated rings. The average Bonchev–Trinajstić information content (AvgIpc) is 2.87. The van der Waals surface area contributed by atoms with Crippen molar-refractivity contribution in [2.24, 2.45) is 0 Å². The van der Waals surface area contributed by atoms with Gasteiger partial charge in [0.15, 0.2) is 5.12 Å². The van der Waals surface area contributed by atoms with Crippen molar-refractivity contribution in [2.75, 3.05) is 29.4 Å². The largest absolute Gasteiger partial charge is 0.369 e. The fourth-order valence-corrected chi connectivity index (χ4v) is 4.21. The van der Waals surface area contributed by atoms with Gasteiger partial charge >= 0.3 is 0 Å². The van der Waals surface area contributed by atoms with Gasteiger partial charge in [-0.25, -0.2) is 4.39 Å². The summed E-state index contributed by atoms with van der Waals surface area (Å²) in [6.07, 6.45) is 3.72. The summed E-state index contributed by atoms with van der Waals surface area (Å²) in [6.45, 7) is 3.74. The van der Waals surface area contributed by atoms with E-state index < -0.39 is 0 Å². The van der Waals surface area contributed by atoms with Crippen LogP contribution in [0.5, 0.6) is 0 Å². The van der Waals surface area contributed by atoms with Gasteiger partial charge in [-0.15, -0.1) is 0 Å². The first-order valence-corrected chi connectivity index (χ1v) is 8.94. The smallest absolute Gasteiger partial charge is 0.228 e. The van der Waals surface area contributed by atoms with Gasteiger partial charge in [0.1, 0.15) is 5.82 Å². The normalized spacial score (nSPS) is 21.8. The first-order valence-electron chi connectivity index (χ1n) is 8.06. The standard InChI is InChI=1S/C17H21FN2O2S/c1-12(21)23-14-10-17(22)20(11-14)13-5-6-16(15(18)9-13)19-7-3-2-4-8-19/h5-6,9,14H,2-4,7-8,10-11H2,1H3. The van der Waals surface area contributed by atoms with Crippen LogP contribution in [0.1, 0.15) is 32.6 Å². The van der Waals surface area contributed by atoms with Crippen molar-refractivity contribution < 1.29 is 14.0 Å².